The van der Waals surface area contributed by atoms with Gasteiger partial charge in [-0.1, -0.05) is 29.8 Å². The van der Waals surface area contributed by atoms with Crippen molar-refractivity contribution in [3.05, 3.63) is 58.1 Å². The van der Waals surface area contributed by atoms with Gasteiger partial charge in [-0.25, -0.2) is 0 Å². The number of aromatic hydroxyl groups is 2. The van der Waals surface area contributed by atoms with Crippen LogP contribution in [0.25, 0.3) is 0 Å². The largest absolute Gasteiger partial charge is 0.508 e. The first-order chi connectivity index (χ1) is 9.08. The highest BCUT2D eigenvalue weighted by molar-refractivity contribution is 6.30. The van der Waals surface area contributed by atoms with E-state index < -0.39 is 0 Å². The lowest BCUT2D eigenvalue weighted by molar-refractivity contribution is 0.463. The minimum Gasteiger partial charge on any atom is -0.508 e. The van der Waals surface area contributed by atoms with Crippen molar-refractivity contribution in [2.75, 3.05) is 0 Å². The Hall–Kier alpha value is -1.67. The molecule has 3 heteroatoms. The number of halogens is 1. The second kappa shape index (κ2) is 5.98. The van der Waals surface area contributed by atoms with Crippen molar-refractivity contribution >= 4 is 11.6 Å². The first kappa shape index (κ1) is 13.8. The Balaban J connectivity index is 2.00. The Morgan fingerprint density at radius 1 is 1.00 bits per heavy atom. The molecule has 100 valence electrons. The van der Waals surface area contributed by atoms with E-state index in [-0.39, 0.29) is 5.75 Å². The van der Waals surface area contributed by atoms with Gasteiger partial charge in [-0.05, 0) is 61.1 Å². The predicted molar refractivity (Wildman–Crippen MR) is 78.0 cm³/mol. The van der Waals surface area contributed by atoms with Crippen LogP contribution in [0, 0.1) is 6.92 Å². The highest BCUT2D eigenvalue weighted by Crippen LogP contribution is 2.26. The summed E-state index contributed by atoms with van der Waals surface area (Å²) in [5.74, 6) is 0.585. The molecule has 0 saturated carbocycles. The Labute approximate surface area is 118 Å². The van der Waals surface area contributed by atoms with Crippen LogP contribution in [-0.4, -0.2) is 10.2 Å². The zero-order chi connectivity index (χ0) is 13.8. The van der Waals surface area contributed by atoms with Crippen LogP contribution in [0.1, 0.15) is 23.1 Å². The van der Waals surface area contributed by atoms with Crippen molar-refractivity contribution in [2.45, 2.75) is 26.2 Å². The van der Waals surface area contributed by atoms with Gasteiger partial charge in [0.15, 0.2) is 0 Å². The van der Waals surface area contributed by atoms with Gasteiger partial charge < -0.3 is 10.2 Å². The monoisotopic (exact) mass is 276 g/mol. The molecule has 0 aliphatic carbocycles. The SMILES string of the molecule is Cc1cccc(O)c1CCCc1ccc(Cl)cc1O. The minimum absolute atomic E-state index is 0.238. The highest BCUT2D eigenvalue weighted by Gasteiger charge is 2.06. The van der Waals surface area contributed by atoms with E-state index in [1.54, 1.807) is 18.2 Å². The molecule has 0 heterocycles. The molecule has 2 rings (SSSR count). The Bertz CT molecular complexity index is 559. The van der Waals surface area contributed by atoms with Gasteiger partial charge in [-0.2, -0.15) is 0 Å². The summed E-state index contributed by atoms with van der Waals surface area (Å²) in [6.45, 7) is 1.99. The standard InChI is InChI=1S/C16H17ClO2/c1-11-4-2-7-15(18)14(11)6-3-5-12-8-9-13(17)10-16(12)19/h2,4,7-10,18-19H,3,5-6H2,1H3. The molecule has 2 aromatic carbocycles. The average Bonchev–Trinajstić information content (AvgIpc) is 2.35. The Morgan fingerprint density at radius 2 is 1.79 bits per heavy atom. The van der Waals surface area contributed by atoms with Gasteiger partial charge in [0.25, 0.3) is 0 Å². The van der Waals surface area contributed by atoms with Crippen LogP contribution in [0.3, 0.4) is 0 Å². The van der Waals surface area contributed by atoms with E-state index >= 15 is 0 Å². The van der Waals surface area contributed by atoms with Crippen LogP contribution in [0.15, 0.2) is 36.4 Å². The molecule has 0 unspecified atom stereocenters. The topological polar surface area (TPSA) is 40.5 Å². The van der Waals surface area contributed by atoms with Gasteiger partial charge in [0, 0.05) is 5.02 Å². The van der Waals surface area contributed by atoms with Gasteiger partial charge in [0.05, 0.1) is 0 Å². The lowest BCUT2D eigenvalue weighted by atomic mass is 9.99. The van der Waals surface area contributed by atoms with Crippen molar-refractivity contribution in [1.82, 2.24) is 0 Å². The van der Waals surface area contributed by atoms with Gasteiger partial charge in [0.1, 0.15) is 11.5 Å². The molecule has 0 aliphatic rings. The third kappa shape index (κ3) is 3.42. The van der Waals surface area contributed by atoms with Crippen molar-refractivity contribution in [1.29, 1.82) is 0 Å². The summed E-state index contributed by atoms with van der Waals surface area (Å²) in [5.41, 5.74) is 2.97. The maximum absolute atomic E-state index is 9.81. The first-order valence-electron chi connectivity index (χ1n) is 6.33. The summed E-state index contributed by atoms with van der Waals surface area (Å²) in [7, 11) is 0. The van der Waals surface area contributed by atoms with E-state index in [4.69, 9.17) is 11.6 Å². The van der Waals surface area contributed by atoms with Gasteiger partial charge >= 0.3 is 0 Å². The zero-order valence-corrected chi connectivity index (χ0v) is 11.6. The molecular formula is C16H17ClO2. The van der Waals surface area contributed by atoms with Crippen LogP contribution in [0.2, 0.25) is 5.02 Å². The molecule has 2 aromatic rings. The number of rotatable bonds is 4. The van der Waals surface area contributed by atoms with Crippen molar-refractivity contribution in [2.24, 2.45) is 0 Å². The molecule has 0 amide bonds. The zero-order valence-electron chi connectivity index (χ0n) is 10.9. The van der Waals surface area contributed by atoms with Gasteiger partial charge in [-0.15, -0.1) is 0 Å². The van der Waals surface area contributed by atoms with Crippen LogP contribution in [0.4, 0.5) is 0 Å². The Kier molecular flexibility index (Phi) is 4.33. The normalized spacial score (nSPS) is 10.6. The molecule has 0 aromatic heterocycles. The number of hydrogen-bond acceptors (Lipinski definition) is 2. The summed E-state index contributed by atoms with van der Waals surface area (Å²) in [4.78, 5) is 0. The summed E-state index contributed by atoms with van der Waals surface area (Å²) in [6, 6.07) is 10.7. The third-order valence-corrected chi connectivity index (χ3v) is 3.54. The quantitative estimate of drug-likeness (QED) is 0.877. The second-order valence-corrected chi connectivity index (χ2v) is 5.14. The Morgan fingerprint density at radius 3 is 2.47 bits per heavy atom. The second-order valence-electron chi connectivity index (χ2n) is 4.70. The fraction of sp³-hybridized carbons (Fsp3) is 0.250. The summed E-state index contributed by atoms with van der Waals surface area (Å²) in [5, 5.41) is 20.1. The van der Waals surface area contributed by atoms with E-state index in [1.807, 2.05) is 25.1 Å². The van der Waals surface area contributed by atoms with E-state index in [0.29, 0.717) is 10.8 Å². The molecule has 0 radical (unpaired) electrons. The lowest BCUT2D eigenvalue weighted by Gasteiger charge is -2.09. The fourth-order valence-corrected chi connectivity index (χ4v) is 2.38. The highest BCUT2D eigenvalue weighted by atomic mass is 35.5. The molecular weight excluding hydrogens is 260 g/mol. The van der Waals surface area contributed by atoms with E-state index in [0.717, 1.165) is 36.0 Å². The maximum atomic E-state index is 9.81. The van der Waals surface area contributed by atoms with Crippen LogP contribution >= 0.6 is 11.6 Å². The molecule has 0 fully saturated rings. The summed E-state index contributed by atoms with van der Waals surface area (Å²) < 4.78 is 0. The first-order valence-corrected chi connectivity index (χ1v) is 6.70. The van der Waals surface area contributed by atoms with Crippen LogP contribution in [-0.2, 0) is 12.8 Å². The van der Waals surface area contributed by atoms with Crippen LogP contribution in [0.5, 0.6) is 11.5 Å². The molecule has 0 saturated heterocycles. The average molecular weight is 277 g/mol. The number of phenolic OH excluding ortho intramolecular Hbond substituents is 2. The van der Waals surface area contributed by atoms with Crippen molar-refractivity contribution in [3.63, 3.8) is 0 Å². The number of aryl methyl sites for hydroxylation is 2. The summed E-state index contributed by atoms with van der Waals surface area (Å²) in [6.07, 6.45) is 2.42. The number of benzene rings is 2. The third-order valence-electron chi connectivity index (χ3n) is 3.31. The fourth-order valence-electron chi connectivity index (χ4n) is 2.22. The molecule has 0 atom stereocenters. The lowest BCUT2D eigenvalue weighted by Crippen LogP contribution is -1.94. The molecule has 19 heavy (non-hydrogen) atoms. The van der Waals surface area contributed by atoms with Gasteiger partial charge in [-0.3, -0.25) is 0 Å². The van der Waals surface area contributed by atoms with E-state index in [1.165, 1.54) is 0 Å². The summed E-state index contributed by atoms with van der Waals surface area (Å²) >= 11 is 5.80. The molecule has 0 aliphatic heterocycles. The predicted octanol–water partition coefficient (Wildman–Crippen LogP) is 4.23. The number of phenols is 2. The van der Waals surface area contributed by atoms with E-state index in [9.17, 15) is 10.2 Å². The smallest absolute Gasteiger partial charge is 0.120 e. The number of hydrogen-bond donors (Lipinski definition) is 2. The molecule has 2 nitrogen and oxygen atoms in total. The van der Waals surface area contributed by atoms with Crippen molar-refractivity contribution in [3.8, 4) is 11.5 Å². The van der Waals surface area contributed by atoms with Gasteiger partial charge in [0.2, 0.25) is 0 Å². The molecule has 2 N–H and O–H groups in total. The van der Waals surface area contributed by atoms with E-state index in [2.05, 4.69) is 0 Å². The van der Waals surface area contributed by atoms with Crippen molar-refractivity contribution < 1.29 is 10.2 Å². The van der Waals surface area contributed by atoms with Crippen LogP contribution < -0.4 is 0 Å². The minimum atomic E-state index is 0.238. The molecule has 0 spiro atoms. The maximum Gasteiger partial charge on any atom is 0.120 e. The molecule has 0 bridgehead atoms.